The number of carbonyl (C=O) groups is 2. The molecule has 5 nitrogen and oxygen atoms in total. The van der Waals surface area contributed by atoms with Gasteiger partial charge in [0.25, 0.3) is 5.91 Å². The van der Waals surface area contributed by atoms with Gasteiger partial charge in [-0.05, 0) is 49.1 Å². The lowest BCUT2D eigenvalue weighted by Gasteiger charge is -2.17. The molecule has 1 aromatic heterocycles. The van der Waals surface area contributed by atoms with E-state index in [-0.39, 0.29) is 5.91 Å². The number of esters is 1. The predicted molar refractivity (Wildman–Crippen MR) is 119 cm³/mol. The summed E-state index contributed by atoms with van der Waals surface area (Å²) in [4.78, 5) is 26.5. The van der Waals surface area contributed by atoms with Crippen molar-refractivity contribution in [3.8, 4) is 16.9 Å². The van der Waals surface area contributed by atoms with Crippen molar-refractivity contribution in [2.75, 3.05) is 12.4 Å². The van der Waals surface area contributed by atoms with E-state index in [1.165, 1.54) is 24.0 Å². The average Bonchev–Trinajstić information content (AvgIpc) is 3.11. The highest BCUT2D eigenvalue weighted by Gasteiger charge is 2.30. The Balaban J connectivity index is 1.64. The van der Waals surface area contributed by atoms with Crippen LogP contribution < -0.4 is 10.1 Å². The number of rotatable bonds is 5. The first-order valence-electron chi connectivity index (χ1n) is 9.53. The molecule has 0 spiro atoms. The molecule has 30 heavy (non-hydrogen) atoms. The third kappa shape index (κ3) is 3.93. The molecule has 154 valence electrons. The van der Waals surface area contributed by atoms with Gasteiger partial charge in [0.1, 0.15) is 16.3 Å². The zero-order valence-corrected chi connectivity index (χ0v) is 18.1. The van der Waals surface area contributed by atoms with Gasteiger partial charge in [0.05, 0.1) is 7.11 Å². The number of benzene rings is 2. The Morgan fingerprint density at radius 1 is 1.13 bits per heavy atom. The number of anilines is 1. The zero-order chi connectivity index (χ0) is 21.3. The number of hydrogen-bond donors (Lipinski definition) is 1. The normalized spacial score (nSPS) is 13.0. The van der Waals surface area contributed by atoms with E-state index >= 15 is 0 Å². The molecule has 1 atom stereocenters. The second-order valence-corrected chi connectivity index (χ2v) is 8.50. The number of ether oxygens (including phenoxy) is 2. The Bertz CT molecular complexity index is 1120. The Morgan fingerprint density at radius 3 is 2.70 bits per heavy atom. The summed E-state index contributed by atoms with van der Waals surface area (Å²) in [6.07, 6.45) is 0.928. The minimum atomic E-state index is -0.777. The number of carbonyl (C=O) groups excluding carboxylic acids is 2. The van der Waals surface area contributed by atoms with Gasteiger partial charge in [-0.15, -0.1) is 11.3 Å². The minimum Gasteiger partial charge on any atom is -0.481 e. The van der Waals surface area contributed by atoms with Crippen LogP contribution >= 0.6 is 22.9 Å². The van der Waals surface area contributed by atoms with Crippen molar-refractivity contribution in [2.45, 2.75) is 25.9 Å². The van der Waals surface area contributed by atoms with Crippen molar-refractivity contribution in [3.63, 3.8) is 0 Å². The highest BCUT2D eigenvalue weighted by molar-refractivity contribution is 7.17. The molecular weight excluding hydrogens is 422 g/mol. The lowest BCUT2D eigenvalue weighted by molar-refractivity contribution is -0.122. The number of thiophene rings is 1. The van der Waals surface area contributed by atoms with Crippen LogP contribution in [0.5, 0.6) is 5.75 Å². The summed E-state index contributed by atoms with van der Waals surface area (Å²) in [5, 5.41) is 3.88. The number of fused-ring (bicyclic) bond motifs is 3. The number of halogens is 1. The molecule has 0 saturated heterocycles. The molecule has 0 aliphatic heterocycles. The summed E-state index contributed by atoms with van der Waals surface area (Å²) in [6.45, 7) is 1.65. The van der Waals surface area contributed by atoms with Gasteiger partial charge in [-0.1, -0.05) is 41.9 Å². The molecule has 4 rings (SSSR count). The molecular formula is C23H20ClNO4S. The first-order chi connectivity index (χ1) is 14.5. The number of amides is 1. The fraction of sp³-hybridized carbons (Fsp3) is 0.217. The molecule has 7 heteroatoms. The quantitative estimate of drug-likeness (QED) is 0.541. The van der Waals surface area contributed by atoms with Crippen molar-refractivity contribution in [1.82, 2.24) is 0 Å². The maximum absolute atomic E-state index is 12.8. The summed E-state index contributed by atoms with van der Waals surface area (Å²) in [6, 6.07) is 14.9. The van der Waals surface area contributed by atoms with E-state index in [2.05, 4.69) is 11.4 Å². The molecule has 1 N–H and O–H groups in total. The van der Waals surface area contributed by atoms with Crippen LogP contribution in [-0.2, 0) is 22.4 Å². The van der Waals surface area contributed by atoms with Crippen molar-refractivity contribution in [3.05, 3.63) is 69.6 Å². The SMILES string of the molecule is COC(=O)c1c(NC(=O)[C@@H](C)Oc2cccc(Cl)c2)sc2c1-c1ccccc1CC2. The van der Waals surface area contributed by atoms with Crippen LogP contribution in [0.1, 0.15) is 27.7 Å². The summed E-state index contributed by atoms with van der Waals surface area (Å²) in [7, 11) is 1.34. The monoisotopic (exact) mass is 441 g/mol. The van der Waals surface area contributed by atoms with Gasteiger partial charge in [-0.25, -0.2) is 4.79 Å². The smallest absolute Gasteiger partial charge is 0.341 e. The van der Waals surface area contributed by atoms with Gasteiger partial charge in [0.2, 0.25) is 0 Å². The second kappa shape index (κ2) is 8.50. The van der Waals surface area contributed by atoms with Crippen LogP contribution in [0.15, 0.2) is 48.5 Å². The van der Waals surface area contributed by atoms with Crippen molar-refractivity contribution < 1.29 is 19.1 Å². The highest BCUT2D eigenvalue weighted by atomic mass is 35.5. The van der Waals surface area contributed by atoms with Crippen LogP contribution in [0.25, 0.3) is 11.1 Å². The third-order valence-electron chi connectivity index (χ3n) is 4.99. The van der Waals surface area contributed by atoms with E-state index in [1.807, 2.05) is 18.2 Å². The van der Waals surface area contributed by atoms with Crippen molar-refractivity contribution in [1.29, 1.82) is 0 Å². The van der Waals surface area contributed by atoms with Crippen LogP contribution in [0, 0.1) is 0 Å². The lowest BCUT2D eigenvalue weighted by atomic mass is 9.88. The summed E-state index contributed by atoms with van der Waals surface area (Å²) in [5.74, 6) is -0.326. The minimum absolute atomic E-state index is 0.355. The van der Waals surface area contributed by atoms with E-state index in [9.17, 15) is 9.59 Å². The largest absolute Gasteiger partial charge is 0.481 e. The van der Waals surface area contributed by atoms with Gasteiger partial charge in [0.15, 0.2) is 6.10 Å². The van der Waals surface area contributed by atoms with E-state index in [0.717, 1.165) is 28.8 Å². The maximum Gasteiger partial charge on any atom is 0.341 e. The van der Waals surface area contributed by atoms with Gasteiger partial charge in [-0.3, -0.25) is 4.79 Å². The maximum atomic E-state index is 12.8. The Labute approximate surface area is 183 Å². The molecule has 0 bridgehead atoms. The van der Waals surface area contributed by atoms with E-state index < -0.39 is 12.1 Å². The van der Waals surface area contributed by atoms with E-state index in [4.69, 9.17) is 21.1 Å². The van der Waals surface area contributed by atoms with Gasteiger partial charge in [-0.2, -0.15) is 0 Å². The predicted octanol–water partition coefficient (Wildman–Crippen LogP) is 5.36. The number of nitrogens with one attached hydrogen (secondary N) is 1. The first-order valence-corrected chi connectivity index (χ1v) is 10.7. The Morgan fingerprint density at radius 2 is 1.93 bits per heavy atom. The molecule has 0 unspecified atom stereocenters. The topological polar surface area (TPSA) is 64.6 Å². The standard InChI is InChI=1S/C23H20ClNO4S/c1-13(29-16-8-5-7-15(24)12-16)21(26)25-22-20(23(27)28-2)19-17-9-4-3-6-14(17)10-11-18(19)30-22/h3-9,12-13H,10-11H2,1-2H3,(H,25,26)/t13-/m1/s1. The Kier molecular flexibility index (Phi) is 5.79. The fourth-order valence-electron chi connectivity index (χ4n) is 3.57. The fourth-order valence-corrected chi connectivity index (χ4v) is 4.95. The Hall–Kier alpha value is -2.83. The first kappa shape index (κ1) is 20.4. The van der Waals surface area contributed by atoms with Crippen LogP contribution in [0.4, 0.5) is 5.00 Å². The van der Waals surface area contributed by atoms with Crippen molar-refractivity contribution >= 4 is 39.8 Å². The van der Waals surface area contributed by atoms with Crippen LogP contribution in [0.2, 0.25) is 5.02 Å². The average molecular weight is 442 g/mol. The molecule has 0 saturated carbocycles. The molecule has 3 aromatic rings. The summed E-state index contributed by atoms with van der Waals surface area (Å²) < 4.78 is 10.7. The molecule has 0 radical (unpaired) electrons. The van der Waals surface area contributed by atoms with E-state index in [1.54, 1.807) is 31.2 Å². The zero-order valence-electron chi connectivity index (χ0n) is 16.5. The number of methoxy groups -OCH3 is 1. The molecule has 2 aromatic carbocycles. The summed E-state index contributed by atoms with van der Waals surface area (Å²) >= 11 is 7.39. The molecule has 1 aliphatic carbocycles. The van der Waals surface area contributed by atoms with Crippen LogP contribution in [-0.4, -0.2) is 25.1 Å². The van der Waals surface area contributed by atoms with Crippen molar-refractivity contribution in [2.24, 2.45) is 0 Å². The molecule has 0 fully saturated rings. The lowest BCUT2D eigenvalue weighted by Crippen LogP contribution is -2.30. The van der Waals surface area contributed by atoms with E-state index in [0.29, 0.717) is 21.3 Å². The van der Waals surface area contributed by atoms with Gasteiger partial charge >= 0.3 is 5.97 Å². The second-order valence-electron chi connectivity index (χ2n) is 6.96. The van der Waals surface area contributed by atoms with Gasteiger partial charge < -0.3 is 14.8 Å². The summed E-state index contributed by atoms with van der Waals surface area (Å²) in [5.41, 5.74) is 3.45. The highest BCUT2D eigenvalue weighted by Crippen LogP contribution is 2.45. The van der Waals surface area contributed by atoms with Crippen LogP contribution in [0.3, 0.4) is 0 Å². The number of hydrogen-bond acceptors (Lipinski definition) is 5. The number of aryl methyl sites for hydroxylation is 2. The molecule has 1 amide bonds. The van der Waals surface area contributed by atoms with Gasteiger partial charge in [0, 0.05) is 15.5 Å². The third-order valence-corrected chi connectivity index (χ3v) is 6.39. The molecule has 1 heterocycles. The molecule has 1 aliphatic rings.